The van der Waals surface area contributed by atoms with Crippen molar-refractivity contribution >= 4 is 23.2 Å². The molecule has 10 rings (SSSR count). The van der Waals surface area contributed by atoms with E-state index in [-0.39, 0.29) is 63.0 Å². The first-order valence-electron chi connectivity index (χ1n) is 21.3. The van der Waals surface area contributed by atoms with Gasteiger partial charge in [-0.25, -0.2) is 0 Å². The number of aliphatic imine (C=N–C) groups is 1. The molecule has 1 aliphatic carbocycles. The van der Waals surface area contributed by atoms with Crippen molar-refractivity contribution in [2.45, 2.75) is 124 Å². The molecule has 5 N–H and O–H groups in total. The van der Waals surface area contributed by atoms with Crippen molar-refractivity contribution in [3.05, 3.63) is 69.8 Å². The van der Waals surface area contributed by atoms with Crippen molar-refractivity contribution in [2.24, 2.45) is 34.6 Å². The highest BCUT2D eigenvalue weighted by Crippen LogP contribution is 2.50. The molecule has 1 aromatic carbocycles. The number of rotatable bonds is 3. The molecule has 60 heavy (non-hydrogen) atoms. The van der Waals surface area contributed by atoms with Crippen molar-refractivity contribution in [2.75, 3.05) is 26.7 Å². The fraction of sp³-hybridized carbons (Fsp3) is 0.609. The standard InChI is InChI=1S/C46H62N4O10/c1-22(2)21-50-18-16-46(17-19-50)48-33-30-31-38(53)27(7)41-32(30)42(55)45(10,60-41)58-20-14-29(57-11)24(4)36(51)25(5)37(52)26(6)40-28(8)44(9,59-40)15-12-13-23(3)43(56)47-35(39(31)54)34(33)49-46/h12-15,20,22,24-26,28-29,36-37,40,49,51-53H,16-19,21H2,1-11H3,(H,47,56)/b15-12+,20-14+,23-13-/t24-,25+,26+,28-,29+,36-,37+,40-,44+,45+/m1/s1. The van der Waals surface area contributed by atoms with Crippen LogP contribution in [0, 0.1) is 36.5 Å². The summed E-state index contributed by atoms with van der Waals surface area (Å²) in [5, 5.41) is 41.2. The highest BCUT2D eigenvalue weighted by Gasteiger charge is 2.55. The average Bonchev–Trinajstić information content (AvgIpc) is 3.71. The van der Waals surface area contributed by atoms with Crippen LogP contribution in [-0.4, -0.2) is 112 Å². The summed E-state index contributed by atoms with van der Waals surface area (Å²) in [6.07, 6.45) is 6.44. The smallest absolute Gasteiger partial charge is 0.312 e. The number of methoxy groups -OCH3 is 1. The molecule has 9 aliphatic rings. The summed E-state index contributed by atoms with van der Waals surface area (Å²) in [7, 11) is 1.50. The van der Waals surface area contributed by atoms with Crippen LogP contribution in [-0.2, 0) is 19.0 Å². The van der Waals surface area contributed by atoms with Crippen molar-refractivity contribution < 1.29 is 48.7 Å². The third-order valence-corrected chi connectivity index (χ3v) is 13.9. The van der Waals surface area contributed by atoms with Gasteiger partial charge in [0.2, 0.25) is 5.78 Å². The number of nitrogens with zero attached hydrogens (tertiary/aromatic N) is 2. The Hall–Kier alpha value is -4.34. The molecule has 10 atom stereocenters. The molecule has 0 radical (unpaired) electrons. The average molecular weight is 831 g/mol. The van der Waals surface area contributed by atoms with Crippen molar-refractivity contribution in [1.82, 2.24) is 15.5 Å². The Labute approximate surface area is 352 Å². The monoisotopic (exact) mass is 830 g/mol. The largest absolute Gasteiger partial charge is 0.507 e. The number of aliphatic hydroxyl groups is 2. The number of carbonyl (C=O) groups is 3. The summed E-state index contributed by atoms with van der Waals surface area (Å²) in [4.78, 5) is 51.0. The minimum absolute atomic E-state index is 0.00841. The predicted octanol–water partition coefficient (Wildman–Crippen LogP) is 4.84. The Morgan fingerprint density at radius 2 is 1.63 bits per heavy atom. The van der Waals surface area contributed by atoms with Crippen molar-refractivity contribution in [3.63, 3.8) is 0 Å². The van der Waals surface area contributed by atoms with Crippen LogP contribution >= 0.6 is 0 Å². The van der Waals surface area contributed by atoms with E-state index in [0.29, 0.717) is 24.3 Å². The van der Waals surface area contributed by atoms with Gasteiger partial charge in [-0.15, -0.1) is 0 Å². The van der Waals surface area contributed by atoms with Crippen LogP contribution in [0.2, 0.25) is 0 Å². The van der Waals surface area contributed by atoms with E-state index in [1.165, 1.54) is 20.3 Å². The lowest BCUT2D eigenvalue weighted by Crippen LogP contribution is -2.60. The zero-order valence-electron chi connectivity index (χ0n) is 36.7. The third-order valence-electron chi connectivity index (χ3n) is 13.9. The summed E-state index contributed by atoms with van der Waals surface area (Å²) < 4.78 is 24.5. The van der Waals surface area contributed by atoms with Gasteiger partial charge in [-0.1, -0.05) is 59.8 Å². The van der Waals surface area contributed by atoms with E-state index in [2.05, 4.69) is 29.4 Å². The summed E-state index contributed by atoms with van der Waals surface area (Å²) >= 11 is 0. The fourth-order valence-electron chi connectivity index (χ4n) is 9.80. The van der Waals surface area contributed by atoms with Crippen LogP contribution in [0.5, 0.6) is 11.5 Å². The van der Waals surface area contributed by atoms with Gasteiger partial charge in [0.05, 0.1) is 58.8 Å². The number of benzene rings is 1. The lowest BCUT2D eigenvalue weighted by molar-refractivity contribution is -0.251. The van der Waals surface area contributed by atoms with Gasteiger partial charge < -0.3 is 49.8 Å². The van der Waals surface area contributed by atoms with Crippen LogP contribution in [0.15, 0.2) is 52.5 Å². The zero-order valence-corrected chi connectivity index (χ0v) is 36.7. The first-order valence-corrected chi connectivity index (χ1v) is 21.3. The Morgan fingerprint density at radius 3 is 2.27 bits per heavy atom. The number of aliphatic hydroxyl groups excluding tert-OH is 2. The molecule has 2 fully saturated rings. The van der Waals surface area contributed by atoms with Gasteiger partial charge in [0.25, 0.3) is 11.7 Å². The number of phenolic OH excluding ortho intramolecular Hbond substituents is 1. The molecule has 1 spiro atoms. The summed E-state index contributed by atoms with van der Waals surface area (Å²) in [5.41, 5.74) is -0.581. The number of ketones is 2. The van der Waals surface area contributed by atoms with E-state index < -0.39 is 70.4 Å². The topological polar surface area (TPSA) is 188 Å². The van der Waals surface area contributed by atoms with Crippen LogP contribution in [0.25, 0.3) is 0 Å². The highest BCUT2D eigenvalue weighted by atomic mass is 16.7. The van der Waals surface area contributed by atoms with E-state index in [1.807, 2.05) is 33.8 Å². The van der Waals surface area contributed by atoms with Gasteiger partial charge in [-0.05, 0) is 32.8 Å². The van der Waals surface area contributed by atoms with E-state index in [9.17, 15) is 29.7 Å². The molecule has 1 aromatic rings. The van der Waals surface area contributed by atoms with Gasteiger partial charge in [0, 0.05) is 86.9 Å². The lowest BCUT2D eigenvalue weighted by atomic mass is 9.70. The van der Waals surface area contributed by atoms with E-state index in [1.54, 1.807) is 39.0 Å². The Kier molecular flexibility index (Phi) is 11.6. The fourth-order valence-corrected chi connectivity index (χ4v) is 9.80. The van der Waals surface area contributed by atoms with Crippen molar-refractivity contribution in [1.29, 1.82) is 0 Å². The number of amides is 1. The Bertz CT molecular complexity index is 2110. The highest BCUT2D eigenvalue weighted by molar-refractivity contribution is 6.34. The first kappa shape index (κ1) is 43.7. The predicted molar refractivity (Wildman–Crippen MR) is 224 cm³/mol. The summed E-state index contributed by atoms with van der Waals surface area (Å²) in [5.74, 6) is -5.00. The van der Waals surface area contributed by atoms with Crippen LogP contribution in [0.1, 0.15) is 107 Å². The third kappa shape index (κ3) is 7.21. The molecule has 0 aromatic heterocycles. The molecule has 8 heterocycles. The molecule has 0 saturated carbocycles. The van der Waals surface area contributed by atoms with Crippen LogP contribution < -0.4 is 15.4 Å². The normalized spacial score (nSPS) is 37.5. The number of Topliss-reactive ketones (excluding diaryl/α,β-unsaturated/α-hetero) is 2. The number of ether oxygens (including phenoxy) is 4. The minimum atomic E-state index is -1.92. The maximum absolute atomic E-state index is 14.7. The molecule has 1 amide bonds. The van der Waals surface area contributed by atoms with E-state index in [0.717, 1.165) is 19.6 Å². The molecule has 326 valence electrons. The number of phenols is 1. The van der Waals surface area contributed by atoms with Crippen molar-refractivity contribution in [3.8, 4) is 11.5 Å². The number of nitrogens with one attached hydrogen (secondary N) is 2. The van der Waals surface area contributed by atoms with Gasteiger partial charge >= 0.3 is 5.79 Å². The number of likely N-dealkylation sites (tertiary alicyclic amines) is 1. The molecule has 14 heteroatoms. The number of piperidine rings is 1. The lowest BCUT2D eigenvalue weighted by Gasteiger charge is -2.54. The minimum Gasteiger partial charge on any atom is -0.507 e. The van der Waals surface area contributed by atoms with Gasteiger partial charge in [-0.2, -0.15) is 0 Å². The number of hydrogen-bond donors (Lipinski definition) is 5. The molecule has 7 bridgehead atoms. The second-order valence-electron chi connectivity index (χ2n) is 18.6. The first-order chi connectivity index (χ1) is 28.2. The maximum Gasteiger partial charge on any atom is 0.312 e. The summed E-state index contributed by atoms with van der Waals surface area (Å²) in [6.45, 7) is 20.9. The number of aromatic hydroxyl groups is 1. The summed E-state index contributed by atoms with van der Waals surface area (Å²) in [6, 6.07) is 0. The van der Waals surface area contributed by atoms with Crippen LogP contribution in [0.4, 0.5) is 0 Å². The SMILES string of the molecule is CO[C@H]1/C=C/O[C@@]2(C)Oc3c(C)c(O)c4c(c3C2=O)C2=NC3(CCN(CC(C)C)CC3)NC2=C(NC(=O)/C(C)=C\C=C\[C@]2(C)O[C@H]([C@@H](C)[C@@H](O)[C@@H](C)[C@H](O)[C@@H]1C)[C@H]2C)C4=O. The molecular formula is C46H62N4O10. The molecular weight excluding hydrogens is 769 g/mol. The quantitative estimate of drug-likeness (QED) is 0.280. The molecule has 8 aliphatic heterocycles. The molecule has 0 unspecified atom stereocenters. The van der Waals surface area contributed by atoms with E-state index >= 15 is 0 Å². The number of carbonyl (C=O) groups excluding carboxylic acids is 3. The Balaban J connectivity index is 1.33. The maximum atomic E-state index is 14.7. The number of hydrogen-bond acceptors (Lipinski definition) is 13. The van der Waals surface area contributed by atoms with Gasteiger partial charge in [-0.3, -0.25) is 19.4 Å². The molecule has 14 nitrogen and oxygen atoms in total. The van der Waals surface area contributed by atoms with E-state index in [4.69, 9.17) is 23.9 Å². The van der Waals surface area contributed by atoms with Crippen LogP contribution in [0.3, 0.4) is 0 Å². The second kappa shape index (κ2) is 15.8. The zero-order chi connectivity index (χ0) is 43.8. The Morgan fingerprint density at radius 1 is 0.967 bits per heavy atom. The van der Waals surface area contributed by atoms with Gasteiger partial charge in [0.1, 0.15) is 22.9 Å². The number of allylic oxidation sites excluding steroid dienone is 4. The molecule has 2 saturated heterocycles. The second-order valence-corrected chi connectivity index (χ2v) is 18.6. The van der Waals surface area contributed by atoms with Gasteiger partial charge in [0.15, 0.2) is 0 Å².